The lowest BCUT2D eigenvalue weighted by molar-refractivity contribution is 0.116. The van der Waals surface area contributed by atoms with Crippen LogP contribution in [0.1, 0.15) is 25.8 Å². The minimum atomic E-state index is 0.0698. The fourth-order valence-corrected chi connectivity index (χ4v) is 2.83. The van der Waals surface area contributed by atoms with Crippen molar-refractivity contribution in [2.45, 2.75) is 38.3 Å². The molecule has 1 aromatic carbocycles. The molecule has 0 amide bonds. The molecule has 0 fully saturated rings. The van der Waals surface area contributed by atoms with Crippen LogP contribution in [0.3, 0.4) is 0 Å². The van der Waals surface area contributed by atoms with Gasteiger partial charge in [0.05, 0.1) is 10.0 Å². The molecular formula is C15H24Cl2N2. The summed E-state index contributed by atoms with van der Waals surface area (Å²) in [4.78, 5) is 2.27. The summed E-state index contributed by atoms with van der Waals surface area (Å²) in [6.07, 6.45) is 1.92. The molecule has 0 heterocycles. The van der Waals surface area contributed by atoms with E-state index >= 15 is 0 Å². The summed E-state index contributed by atoms with van der Waals surface area (Å²) < 4.78 is 0. The molecule has 0 radical (unpaired) electrons. The van der Waals surface area contributed by atoms with Crippen LogP contribution in [-0.4, -0.2) is 37.6 Å². The maximum absolute atomic E-state index is 6.29. The highest BCUT2D eigenvalue weighted by Gasteiger charge is 2.34. The number of halogens is 2. The van der Waals surface area contributed by atoms with Gasteiger partial charge in [-0.25, -0.2) is 0 Å². The summed E-state index contributed by atoms with van der Waals surface area (Å²) in [7, 11) is 6.24. The Morgan fingerprint density at radius 2 is 1.95 bits per heavy atom. The number of nitrogens with zero attached hydrogens (tertiary/aromatic N) is 1. The first kappa shape index (κ1) is 16.8. The highest BCUT2D eigenvalue weighted by Crippen LogP contribution is 2.30. The Morgan fingerprint density at radius 1 is 1.32 bits per heavy atom. The average molecular weight is 303 g/mol. The standard InChI is InChI=1S/C15H24Cl2N2/c1-6-15(2,19(4)5)13(18-3)10-11-8-7-9-12(16)14(11)17/h7-9,13,18H,6,10H2,1-5H3. The minimum Gasteiger partial charge on any atom is -0.315 e. The highest BCUT2D eigenvalue weighted by atomic mass is 35.5. The lowest BCUT2D eigenvalue weighted by Crippen LogP contribution is -2.57. The van der Waals surface area contributed by atoms with Crippen molar-refractivity contribution in [2.75, 3.05) is 21.1 Å². The molecule has 0 spiro atoms. The van der Waals surface area contributed by atoms with E-state index in [0.717, 1.165) is 18.4 Å². The van der Waals surface area contributed by atoms with Gasteiger partial charge in [0.25, 0.3) is 0 Å². The monoisotopic (exact) mass is 302 g/mol. The fourth-order valence-electron chi connectivity index (χ4n) is 2.43. The van der Waals surface area contributed by atoms with E-state index in [9.17, 15) is 0 Å². The molecular weight excluding hydrogens is 279 g/mol. The Hall–Kier alpha value is -0.280. The van der Waals surface area contributed by atoms with Crippen LogP contribution in [0, 0.1) is 0 Å². The third-order valence-corrected chi connectivity index (χ3v) is 5.15. The molecule has 108 valence electrons. The summed E-state index contributed by atoms with van der Waals surface area (Å²) in [5.41, 5.74) is 1.16. The van der Waals surface area contributed by atoms with Gasteiger partial charge < -0.3 is 10.2 Å². The Labute approximate surface area is 127 Å². The van der Waals surface area contributed by atoms with Gasteiger partial charge in [0.1, 0.15) is 0 Å². The third-order valence-electron chi connectivity index (χ3n) is 4.29. The van der Waals surface area contributed by atoms with Crippen molar-refractivity contribution in [3.05, 3.63) is 33.8 Å². The van der Waals surface area contributed by atoms with Crippen molar-refractivity contribution < 1.29 is 0 Å². The van der Waals surface area contributed by atoms with Gasteiger partial charge in [0.15, 0.2) is 0 Å². The Bertz CT molecular complexity index is 421. The molecule has 1 N–H and O–H groups in total. The van der Waals surface area contributed by atoms with Crippen LogP contribution in [-0.2, 0) is 6.42 Å². The molecule has 0 saturated heterocycles. The topological polar surface area (TPSA) is 15.3 Å². The molecule has 0 bridgehead atoms. The van der Waals surface area contributed by atoms with E-state index in [-0.39, 0.29) is 5.54 Å². The zero-order valence-electron chi connectivity index (χ0n) is 12.4. The van der Waals surface area contributed by atoms with Gasteiger partial charge in [0, 0.05) is 11.6 Å². The summed E-state index contributed by atoms with van der Waals surface area (Å²) in [5, 5.41) is 4.72. The summed E-state index contributed by atoms with van der Waals surface area (Å²) in [6.45, 7) is 4.48. The Balaban J connectivity index is 3.02. The number of rotatable bonds is 6. The largest absolute Gasteiger partial charge is 0.315 e. The quantitative estimate of drug-likeness (QED) is 0.858. The van der Waals surface area contributed by atoms with Crippen LogP contribution in [0.5, 0.6) is 0 Å². The summed E-state index contributed by atoms with van der Waals surface area (Å²) in [6, 6.07) is 6.13. The van der Waals surface area contributed by atoms with Crippen LogP contribution in [0.2, 0.25) is 10.0 Å². The maximum Gasteiger partial charge on any atom is 0.0624 e. The van der Waals surface area contributed by atoms with Gasteiger partial charge in [0.2, 0.25) is 0 Å². The van der Waals surface area contributed by atoms with Crippen molar-refractivity contribution >= 4 is 23.2 Å². The molecule has 2 unspecified atom stereocenters. The average Bonchev–Trinajstić information content (AvgIpc) is 2.39. The van der Waals surface area contributed by atoms with Crippen molar-refractivity contribution in [1.29, 1.82) is 0 Å². The smallest absolute Gasteiger partial charge is 0.0624 e. The first-order valence-corrected chi connectivity index (χ1v) is 7.40. The second kappa shape index (κ2) is 6.94. The Morgan fingerprint density at radius 3 is 2.42 bits per heavy atom. The van der Waals surface area contributed by atoms with Gasteiger partial charge >= 0.3 is 0 Å². The number of hydrogen-bond acceptors (Lipinski definition) is 2. The van der Waals surface area contributed by atoms with Gasteiger partial charge in [-0.05, 0) is 52.5 Å². The van der Waals surface area contributed by atoms with Gasteiger partial charge in [-0.3, -0.25) is 0 Å². The van der Waals surface area contributed by atoms with E-state index in [0.29, 0.717) is 16.1 Å². The van der Waals surface area contributed by atoms with Crippen LogP contribution in [0.4, 0.5) is 0 Å². The van der Waals surface area contributed by atoms with E-state index in [4.69, 9.17) is 23.2 Å². The molecule has 2 atom stereocenters. The highest BCUT2D eigenvalue weighted by molar-refractivity contribution is 6.42. The summed E-state index contributed by atoms with van der Waals surface area (Å²) >= 11 is 12.4. The predicted octanol–water partition coefficient (Wildman–Crippen LogP) is 3.85. The Kier molecular flexibility index (Phi) is 6.13. The minimum absolute atomic E-state index is 0.0698. The molecule has 0 aromatic heterocycles. The second-order valence-corrected chi connectivity index (χ2v) is 6.15. The third kappa shape index (κ3) is 3.63. The number of hydrogen-bond donors (Lipinski definition) is 1. The molecule has 1 aromatic rings. The van der Waals surface area contributed by atoms with Gasteiger partial charge in [-0.2, -0.15) is 0 Å². The molecule has 2 nitrogen and oxygen atoms in total. The first-order chi connectivity index (χ1) is 8.86. The molecule has 0 aliphatic heterocycles. The molecule has 4 heteroatoms. The van der Waals surface area contributed by atoms with Gasteiger partial charge in [-0.15, -0.1) is 0 Å². The van der Waals surface area contributed by atoms with E-state index in [2.05, 4.69) is 38.2 Å². The molecule has 19 heavy (non-hydrogen) atoms. The van der Waals surface area contributed by atoms with Crippen molar-refractivity contribution in [2.24, 2.45) is 0 Å². The summed E-state index contributed by atoms with van der Waals surface area (Å²) in [5.74, 6) is 0. The van der Waals surface area contributed by atoms with Crippen LogP contribution < -0.4 is 5.32 Å². The molecule has 0 saturated carbocycles. The van der Waals surface area contributed by atoms with Gasteiger partial charge in [-0.1, -0.05) is 42.3 Å². The predicted molar refractivity (Wildman–Crippen MR) is 85.4 cm³/mol. The molecule has 1 rings (SSSR count). The zero-order chi connectivity index (χ0) is 14.6. The van der Waals surface area contributed by atoms with E-state index in [1.54, 1.807) is 0 Å². The number of nitrogens with one attached hydrogen (secondary N) is 1. The molecule has 0 aliphatic carbocycles. The van der Waals surface area contributed by atoms with E-state index < -0.39 is 0 Å². The lowest BCUT2D eigenvalue weighted by Gasteiger charge is -2.43. The van der Waals surface area contributed by atoms with E-state index in [1.165, 1.54) is 0 Å². The zero-order valence-corrected chi connectivity index (χ0v) is 13.9. The van der Waals surface area contributed by atoms with Crippen LogP contribution in [0.15, 0.2) is 18.2 Å². The maximum atomic E-state index is 6.29. The van der Waals surface area contributed by atoms with Crippen molar-refractivity contribution in [1.82, 2.24) is 10.2 Å². The molecule has 0 aliphatic rings. The van der Waals surface area contributed by atoms with Crippen LogP contribution >= 0.6 is 23.2 Å². The lowest BCUT2D eigenvalue weighted by atomic mass is 9.84. The first-order valence-electron chi connectivity index (χ1n) is 6.64. The number of benzene rings is 1. The van der Waals surface area contributed by atoms with Crippen LogP contribution in [0.25, 0.3) is 0 Å². The van der Waals surface area contributed by atoms with Crippen molar-refractivity contribution in [3.8, 4) is 0 Å². The SMILES string of the molecule is CCC(C)(C(Cc1cccc(Cl)c1Cl)NC)N(C)C. The number of likely N-dealkylation sites (N-methyl/N-ethyl adjacent to an activating group) is 2. The van der Waals surface area contributed by atoms with E-state index in [1.807, 2.05) is 25.2 Å². The normalized spacial score (nSPS) is 16.4. The van der Waals surface area contributed by atoms with Crippen molar-refractivity contribution in [3.63, 3.8) is 0 Å². The fraction of sp³-hybridized carbons (Fsp3) is 0.600. The second-order valence-electron chi connectivity index (χ2n) is 5.36.